The quantitative estimate of drug-likeness (QED) is 0.767. The molecule has 1 aromatic rings. The zero-order chi connectivity index (χ0) is 12.3. The topological polar surface area (TPSA) is 29.4 Å². The summed E-state index contributed by atoms with van der Waals surface area (Å²) in [6.45, 7) is 7.75. The van der Waals surface area contributed by atoms with Crippen LogP contribution in [-0.4, -0.2) is 15.2 Å². The monoisotopic (exact) mass is 301 g/mol. The molecule has 0 aliphatic rings. The molecule has 4 heteroatoms. The Morgan fingerprint density at radius 1 is 1.38 bits per heavy atom. The molecule has 1 rings (SSSR count). The Morgan fingerprint density at radius 3 is 2.50 bits per heavy atom. The third-order valence-corrected chi connectivity index (χ3v) is 4.00. The Labute approximate surface area is 108 Å². The second-order valence-electron chi connectivity index (χ2n) is 4.62. The number of aryl methyl sites for hydroxylation is 1. The smallest absolute Gasteiger partial charge is 0.144 e. The van der Waals surface area contributed by atoms with Crippen molar-refractivity contribution in [1.29, 1.82) is 0 Å². The van der Waals surface area contributed by atoms with E-state index in [1.54, 1.807) is 6.21 Å². The van der Waals surface area contributed by atoms with Crippen molar-refractivity contribution in [2.75, 3.05) is 0 Å². The molecule has 1 atom stereocenters. The molecule has 1 aromatic carbocycles. The highest BCUT2D eigenvalue weighted by Gasteiger charge is 2.18. The molecule has 0 bridgehead atoms. The summed E-state index contributed by atoms with van der Waals surface area (Å²) in [5, 5.41) is 0. The molecular formula is C12H16BrNOS. The van der Waals surface area contributed by atoms with Crippen LogP contribution in [0.5, 0.6) is 0 Å². The third-order valence-electron chi connectivity index (χ3n) is 1.97. The molecule has 0 saturated heterocycles. The van der Waals surface area contributed by atoms with Gasteiger partial charge in [0, 0.05) is 16.3 Å². The number of nitrogens with zero attached hydrogens (tertiary/aromatic N) is 1. The first-order valence-corrected chi connectivity index (χ1v) is 6.93. The lowest BCUT2D eigenvalue weighted by Crippen LogP contribution is -2.19. The summed E-state index contributed by atoms with van der Waals surface area (Å²) in [5.74, 6) is 0. The molecule has 0 heterocycles. The van der Waals surface area contributed by atoms with Crippen molar-refractivity contribution in [3.05, 3.63) is 33.8 Å². The first-order valence-electron chi connectivity index (χ1n) is 5.03. The summed E-state index contributed by atoms with van der Waals surface area (Å²) in [4.78, 5) is 0. The van der Waals surface area contributed by atoms with Gasteiger partial charge in [0.15, 0.2) is 0 Å². The lowest BCUT2D eigenvalue weighted by molar-refractivity contribution is 0.651. The first-order chi connectivity index (χ1) is 7.30. The zero-order valence-electron chi connectivity index (χ0n) is 9.95. The van der Waals surface area contributed by atoms with Crippen LogP contribution in [0.4, 0.5) is 0 Å². The lowest BCUT2D eigenvalue weighted by Gasteiger charge is -2.12. The van der Waals surface area contributed by atoms with E-state index in [1.165, 1.54) is 5.56 Å². The lowest BCUT2D eigenvalue weighted by atomic mass is 10.2. The van der Waals surface area contributed by atoms with Gasteiger partial charge < -0.3 is 0 Å². The zero-order valence-corrected chi connectivity index (χ0v) is 12.4. The van der Waals surface area contributed by atoms with Crippen LogP contribution in [0.3, 0.4) is 0 Å². The van der Waals surface area contributed by atoms with Gasteiger partial charge in [-0.3, -0.25) is 0 Å². The van der Waals surface area contributed by atoms with E-state index in [4.69, 9.17) is 0 Å². The Morgan fingerprint density at radius 2 is 2.00 bits per heavy atom. The largest absolute Gasteiger partial charge is 0.234 e. The minimum Gasteiger partial charge on any atom is -0.234 e. The fourth-order valence-electron chi connectivity index (χ4n) is 1.000. The van der Waals surface area contributed by atoms with Gasteiger partial charge in [-0.25, -0.2) is 4.21 Å². The molecule has 0 aliphatic heterocycles. The van der Waals surface area contributed by atoms with E-state index in [1.807, 2.05) is 45.9 Å². The molecule has 0 aromatic heterocycles. The Balaban J connectivity index is 2.89. The highest BCUT2D eigenvalue weighted by Crippen LogP contribution is 2.18. The first kappa shape index (κ1) is 13.6. The summed E-state index contributed by atoms with van der Waals surface area (Å²) in [6.07, 6.45) is 1.66. The maximum absolute atomic E-state index is 11.7. The van der Waals surface area contributed by atoms with Crippen molar-refractivity contribution >= 4 is 33.1 Å². The molecule has 2 nitrogen and oxygen atoms in total. The standard InChI is InChI=1S/C12H16BrNOS/c1-9-5-6-10(11(13)7-9)8-14-16(15)12(2,3)4/h5-8H,1-4H3/b14-8+/t16-/m0/s1. The highest BCUT2D eigenvalue weighted by atomic mass is 79.9. The highest BCUT2D eigenvalue weighted by molar-refractivity contribution is 9.10. The van der Waals surface area contributed by atoms with Gasteiger partial charge in [0.1, 0.15) is 11.0 Å². The van der Waals surface area contributed by atoms with E-state index in [0.29, 0.717) is 0 Å². The van der Waals surface area contributed by atoms with Crippen molar-refractivity contribution < 1.29 is 4.21 Å². The number of rotatable bonds is 2. The van der Waals surface area contributed by atoms with Crippen LogP contribution in [0.15, 0.2) is 27.1 Å². The fourth-order valence-corrected chi connectivity index (χ4v) is 2.12. The summed E-state index contributed by atoms with van der Waals surface area (Å²) in [7, 11) is -1.20. The molecular weight excluding hydrogens is 286 g/mol. The van der Waals surface area contributed by atoms with E-state index < -0.39 is 11.0 Å². The van der Waals surface area contributed by atoms with Gasteiger partial charge in [-0.1, -0.05) is 28.1 Å². The minimum absolute atomic E-state index is 0.312. The fraction of sp³-hybridized carbons (Fsp3) is 0.417. The van der Waals surface area contributed by atoms with Crippen LogP contribution in [0, 0.1) is 6.92 Å². The molecule has 0 N–H and O–H groups in total. The minimum atomic E-state index is -1.20. The Kier molecular flexibility index (Phi) is 4.44. The van der Waals surface area contributed by atoms with Crippen LogP contribution in [0.25, 0.3) is 0 Å². The van der Waals surface area contributed by atoms with Crippen LogP contribution < -0.4 is 0 Å². The molecule has 0 unspecified atom stereocenters. The maximum Gasteiger partial charge on any atom is 0.144 e. The van der Waals surface area contributed by atoms with Crippen molar-refractivity contribution in [2.45, 2.75) is 32.4 Å². The van der Waals surface area contributed by atoms with Crippen molar-refractivity contribution in [1.82, 2.24) is 0 Å². The predicted molar refractivity (Wildman–Crippen MR) is 74.4 cm³/mol. The molecule has 0 spiro atoms. The van der Waals surface area contributed by atoms with E-state index >= 15 is 0 Å². The van der Waals surface area contributed by atoms with Gasteiger partial charge in [0.2, 0.25) is 0 Å². The normalized spacial score (nSPS) is 14.3. The van der Waals surface area contributed by atoms with Gasteiger partial charge in [-0.2, -0.15) is 4.40 Å². The summed E-state index contributed by atoms with van der Waals surface area (Å²) in [6, 6.07) is 5.98. The van der Waals surface area contributed by atoms with Crippen molar-refractivity contribution in [2.24, 2.45) is 4.40 Å². The van der Waals surface area contributed by atoms with Crippen LogP contribution in [-0.2, 0) is 11.0 Å². The van der Waals surface area contributed by atoms with Crippen LogP contribution in [0.2, 0.25) is 0 Å². The Hall–Kier alpha value is -0.480. The second-order valence-corrected chi connectivity index (χ2v) is 7.41. The molecule has 0 saturated carbocycles. The van der Waals surface area contributed by atoms with Gasteiger partial charge in [-0.05, 0) is 39.3 Å². The van der Waals surface area contributed by atoms with Gasteiger partial charge >= 0.3 is 0 Å². The van der Waals surface area contributed by atoms with Gasteiger partial charge in [-0.15, -0.1) is 0 Å². The van der Waals surface area contributed by atoms with Crippen molar-refractivity contribution in [3.8, 4) is 0 Å². The summed E-state index contributed by atoms with van der Waals surface area (Å²) < 4.78 is 16.4. The molecule has 16 heavy (non-hydrogen) atoms. The van der Waals surface area contributed by atoms with E-state index in [0.717, 1.165) is 10.0 Å². The maximum atomic E-state index is 11.7. The van der Waals surface area contributed by atoms with E-state index in [-0.39, 0.29) is 4.75 Å². The van der Waals surface area contributed by atoms with Crippen LogP contribution >= 0.6 is 15.9 Å². The third kappa shape index (κ3) is 3.83. The Bertz CT molecular complexity index is 435. The second kappa shape index (κ2) is 5.23. The van der Waals surface area contributed by atoms with Gasteiger partial charge in [0.25, 0.3) is 0 Å². The average Bonchev–Trinajstić information content (AvgIpc) is 2.14. The number of hydrogen-bond acceptors (Lipinski definition) is 1. The molecule has 0 aliphatic carbocycles. The number of benzene rings is 1. The predicted octanol–water partition coefficient (Wildman–Crippen LogP) is 3.64. The van der Waals surface area contributed by atoms with Crippen LogP contribution in [0.1, 0.15) is 31.9 Å². The van der Waals surface area contributed by atoms with Gasteiger partial charge in [0.05, 0.1) is 4.75 Å². The molecule has 0 radical (unpaired) electrons. The van der Waals surface area contributed by atoms with Crippen molar-refractivity contribution in [3.63, 3.8) is 0 Å². The number of hydrogen-bond donors (Lipinski definition) is 0. The molecule has 88 valence electrons. The van der Waals surface area contributed by atoms with E-state index in [2.05, 4.69) is 20.3 Å². The van der Waals surface area contributed by atoms with E-state index in [9.17, 15) is 4.21 Å². The molecule has 0 fully saturated rings. The molecule has 0 amide bonds. The number of halogens is 1. The summed E-state index contributed by atoms with van der Waals surface area (Å²) in [5.41, 5.74) is 2.13. The average molecular weight is 302 g/mol. The SMILES string of the molecule is Cc1ccc(/C=N/[S@@](=O)C(C)(C)C)c(Br)c1. The summed E-state index contributed by atoms with van der Waals surface area (Å²) >= 11 is 3.46.